The molecule has 11 heteroatoms. The Morgan fingerprint density at radius 3 is 2.18 bits per heavy atom. The quantitative estimate of drug-likeness (QED) is 0.106. The Kier molecular flexibility index (Phi) is 13.2. The molecule has 2 aliphatic rings. The zero-order chi connectivity index (χ0) is 33.2. The summed E-state index contributed by atoms with van der Waals surface area (Å²) in [4.78, 5) is 15.7. The molecule has 1 aliphatic carbocycles. The summed E-state index contributed by atoms with van der Waals surface area (Å²) >= 11 is 0. The van der Waals surface area contributed by atoms with Gasteiger partial charge in [-0.3, -0.25) is 14.7 Å². The highest BCUT2D eigenvalue weighted by Gasteiger charge is 2.42. The lowest BCUT2D eigenvalue weighted by Crippen LogP contribution is -2.41. The number of benzene rings is 1. The van der Waals surface area contributed by atoms with Crippen molar-refractivity contribution in [3.63, 3.8) is 0 Å². The summed E-state index contributed by atoms with van der Waals surface area (Å²) in [6.07, 6.45) is 4.30. The van der Waals surface area contributed by atoms with Crippen LogP contribution in [0.2, 0.25) is 0 Å². The van der Waals surface area contributed by atoms with Crippen LogP contribution < -0.4 is 4.90 Å². The molecule has 0 aromatic heterocycles. The lowest BCUT2D eigenvalue weighted by atomic mass is 9.88. The van der Waals surface area contributed by atoms with Gasteiger partial charge in [-0.05, 0) is 81.0 Å². The number of rotatable bonds is 11. The Bertz CT molecular complexity index is 1300. The van der Waals surface area contributed by atoms with Gasteiger partial charge in [-0.25, -0.2) is 8.78 Å². The normalized spacial score (nSPS) is 17.2. The van der Waals surface area contributed by atoms with Gasteiger partial charge in [0.15, 0.2) is 11.5 Å². The fraction of sp³-hybridized carbons (Fsp3) is 0.515. The zero-order valence-corrected chi connectivity index (χ0v) is 26.6. The number of allylic oxidation sites excluding steroid dienone is 5. The van der Waals surface area contributed by atoms with Gasteiger partial charge in [0.05, 0.1) is 44.3 Å². The summed E-state index contributed by atoms with van der Waals surface area (Å²) in [5.41, 5.74) is -0.178. The highest BCUT2D eigenvalue weighted by Crippen LogP contribution is 2.50. The number of hydrogen-bond donors (Lipinski definition) is 0. The van der Waals surface area contributed by atoms with Crippen LogP contribution in [0.25, 0.3) is 0 Å². The predicted molar refractivity (Wildman–Crippen MR) is 163 cm³/mol. The van der Waals surface area contributed by atoms with E-state index in [-0.39, 0.29) is 35.4 Å². The van der Waals surface area contributed by atoms with E-state index in [4.69, 9.17) is 9.47 Å². The summed E-state index contributed by atoms with van der Waals surface area (Å²) in [7, 11) is 2.94. The third-order valence-corrected chi connectivity index (χ3v) is 7.00. The number of methoxy groups -OCH3 is 2. The molecular formula is C33H43F5N2O4. The molecule has 1 atom stereocenters. The molecule has 1 aliphatic heterocycles. The van der Waals surface area contributed by atoms with E-state index in [9.17, 15) is 18.0 Å². The topological polar surface area (TPSA) is 60.4 Å². The van der Waals surface area contributed by atoms with Crippen LogP contribution in [0.1, 0.15) is 77.8 Å². The minimum Gasteiger partial charge on any atom is -0.493 e. The highest BCUT2D eigenvalue weighted by atomic mass is 19.4. The van der Waals surface area contributed by atoms with Gasteiger partial charge >= 0.3 is 12.1 Å². The smallest absolute Gasteiger partial charge is 0.416 e. The molecule has 0 amide bonds. The first-order chi connectivity index (χ1) is 20.6. The Hall–Kier alpha value is -3.63. The van der Waals surface area contributed by atoms with Crippen molar-refractivity contribution < 1.29 is 41.0 Å². The second-order valence-electron chi connectivity index (χ2n) is 10.5. The summed E-state index contributed by atoms with van der Waals surface area (Å²) in [5.74, 6) is -2.84. The predicted octanol–water partition coefficient (Wildman–Crippen LogP) is 8.96. The Morgan fingerprint density at radius 1 is 1.11 bits per heavy atom. The molecule has 1 fully saturated rings. The van der Waals surface area contributed by atoms with Crippen LogP contribution in [-0.2, 0) is 25.2 Å². The SMILES string of the molecule is CCOC(C)=O.C\C=C/C=C(OC)\C(=C\[C@H](c1cc(C(F)(F)F)ccc1N1C(CC)=NCC(C)=C1C(C)(F)F)C1CC1)OC. The van der Waals surface area contributed by atoms with E-state index < -0.39 is 23.6 Å². The number of hydrogen-bond acceptors (Lipinski definition) is 6. The first-order valence-electron chi connectivity index (χ1n) is 14.5. The number of nitrogens with zero attached hydrogens (tertiary/aromatic N) is 2. The van der Waals surface area contributed by atoms with Gasteiger partial charge in [0, 0.05) is 26.2 Å². The Labute approximate surface area is 257 Å². The highest BCUT2D eigenvalue weighted by molar-refractivity contribution is 6.02. The van der Waals surface area contributed by atoms with Crippen molar-refractivity contribution in [2.75, 3.05) is 32.3 Å². The molecule has 0 N–H and O–H groups in total. The van der Waals surface area contributed by atoms with Crippen LogP contribution in [0.15, 0.2) is 70.3 Å². The number of alkyl halides is 5. The van der Waals surface area contributed by atoms with E-state index in [0.717, 1.165) is 31.9 Å². The Balaban J connectivity index is 0.00000102. The summed E-state index contributed by atoms with van der Waals surface area (Å²) < 4.78 is 87.2. The minimum absolute atomic E-state index is 0.0182. The molecule has 44 heavy (non-hydrogen) atoms. The third-order valence-electron chi connectivity index (χ3n) is 7.00. The maximum Gasteiger partial charge on any atom is 0.416 e. The lowest BCUT2D eigenvalue weighted by molar-refractivity contribution is -0.140. The molecule has 0 radical (unpaired) electrons. The van der Waals surface area contributed by atoms with E-state index in [0.29, 0.717) is 36.0 Å². The standard InChI is InChI=1S/C29H35F5N2O2.C4H8O2/c1-7-9-10-24(37-5)25(38-6)16-21(19-11-12-19)22-15-20(29(32,33)34)13-14-23(22)36-26(8-2)35-17-18(3)27(36)28(4,30)31;1-3-6-4(2)5/h7,9-10,13-16,19,21H,8,11-12,17H2,1-6H3;3H2,1-2H3/b9-7-,24-10+,25-16-;/t21-;/m0./s1. The van der Waals surface area contributed by atoms with Gasteiger partial charge in [-0.1, -0.05) is 19.1 Å². The fourth-order valence-corrected chi connectivity index (χ4v) is 4.96. The molecular weight excluding hydrogens is 583 g/mol. The summed E-state index contributed by atoms with van der Waals surface area (Å²) in [5, 5.41) is 0. The van der Waals surface area contributed by atoms with E-state index in [1.807, 2.05) is 6.92 Å². The average Bonchev–Trinajstić information content (AvgIpc) is 3.79. The van der Waals surface area contributed by atoms with Crippen molar-refractivity contribution in [3.8, 4) is 0 Å². The van der Waals surface area contributed by atoms with Crippen LogP contribution in [0, 0.1) is 5.92 Å². The van der Waals surface area contributed by atoms with Gasteiger partial charge in [0.2, 0.25) is 0 Å². The second kappa shape index (κ2) is 15.9. The number of amidine groups is 1. The molecule has 0 saturated heterocycles. The first-order valence-corrected chi connectivity index (χ1v) is 14.5. The largest absolute Gasteiger partial charge is 0.493 e. The second-order valence-corrected chi connectivity index (χ2v) is 10.5. The lowest BCUT2D eigenvalue weighted by Gasteiger charge is -2.38. The average molecular weight is 627 g/mol. The van der Waals surface area contributed by atoms with Gasteiger partial charge in [0.25, 0.3) is 5.92 Å². The van der Waals surface area contributed by atoms with Crippen molar-refractivity contribution in [1.82, 2.24) is 0 Å². The molecule has 0 spiro atoms. The van der Waals surface area contributed by atoms with Crippen LogP contribution in [0.3, 0.4) is 0 Å². The van der Waals surface area contributed by atoms with Gasteiger partial charge < -0.3 is 14.2 Å². The molecule has 1 aromatic carbocycles. The molecule has 0 unspecified atom stereocenters. The number of halogens is 5. The van der Waals surface area contributed by atoms with E-state index in [1.54, 1.807) is 45.1 Å². The number of esters is 1. The first kappa shape index (κ1) is 36.6. The van der Waals surface area contributed by atoms with Crippen molar-refractivity contribution >= 4 is 17.5 Å². The number of aliphatic imine (C=N–C) groups is 1. The van der Waals surface area contributed by atoms with Crippen molar-refractivity contribution in [2.24, 2.45) is 10.9 Å². The molecule has 0 bridgehead atoms. The van der Waals surface area contributed by atoms with Crippen LogP contribution in [0.4, 0.5) is 27.6 Å². The molecule has 244 valence electrons. The number of carbonyl (C=O) groups is 1. The summed E-state index contributed by atoms with van der Waals surface area (Å²) in [6, 6.07) is 3.31. The van der Waals surface area contributed by atoms with Crippen molar-refractivity contribution in [3.05, 3.63) is 76.4 Å². The van der Waals surface area contributed by atoms with Crippen molar-refractivity contribution in [2.45, 2.75) is 78.8 Å². The fourth-order valence-electron chi connectivity index (χ4n) is 4.96. The van der Waals surface area contributed by atoms with Gasteiger partial charge in [-0.2, -0.15) is 13.2 Å². The number of anilines is 1. The van der Waals surface area contributed by atoms with E-state index in [2.05, 4.69) is 9.73 Å². The molecule has 6 nitrogen and oxygen atoms in total. The maximum absolute atomic E-state index is 15.0. The minimum atomic E-state index is -4.61. The van der Waals surface area contributed by atoms with E-state index in [1.165, 1.54) is 32.1 Å². The van der Waals surface area contributed by atoms with Crippen LogP contribution in [-0.4, -0.2) is 45.1 Å². The molecule has 1 aromatic rings. The van der Waals surface area contributed by atoms with Gasteiger partial charge in [-0.15, -0.1) is 0 Å². The van der Waals surface area contributed by atoms with E-state index >= 15 is 8.78 Å². The number of carbonyl (C=O) groups excluding carboxylic acids is 1. The van der Waals surface area contributed by atoms with Crippen molar-refractivity contribution in [1.29, 1.82) is 0 Å². The Morgan fingerprint density at radius 2 is 1.75 bits per heavy atom. The van der Waals surface area contributed by atoms with Crippen LogP contribution in [0.5, 0.6) is 0 Å². The molecule has 1 heterocycles. The molecule has 1 saturated carbocycles. The van der Waals surface area contributed by atoms with Crippen LogP contribution >= 0.6 is 0 Å². The molecule has 3 rings (SSSR count). The summed E-state index contributed by atoms with van der Waals surface area (Å²) in [6.45, 7) is 9.78. The zero-order valence-electron chi connectivity index (χ0n) is 26.6. The van der Waals surface area contributed by atoms with Gasteiger partial charge in [0.1, 0.15) is 5.84 Å². The monoisotopic (exact) mass is 626 g/mol. The number of ether oxygens (including phenoxy) is 3. The third kappa shape index (κ3) is 9.69. The maximum atomic E-state index is 15.0.